The maximum absolute atomic E-state index is 13.3. The van der Waals surface area contributed by atoms with Crippen LogP contribution in [0.15, 0.2) is 18.2 Å². The summed E-state index contributed by atoms with van der Waals surface area (Å²) in [5.74, 6) is 0.220. The van der Waals surface area contributed by atoms with Gasteiger partial charge in [-0.3, -0.25) is 0 Å². The smallest absolute Gasteiger partial charge is 0.126 e. The maximum Gasteiger partial charge on any atom is 0.126 e. The van der Waals surface area contributed by atoms with E-state index in [1.807, 2.05) is 0 Å². The van der Waals surface area contributed by atoms with Gasteiger partial charge in [-0.15, -0.1) is 0 Å². The molecule has 1 aromatic rings. The zero-order chi connectivity index (χ0) is 14.5. The molecule has 0 spiro atoms. The van der Waals surface area contributed by atoms with E-state index in [0.717, 1.165) is 24.6 Å². The van der Waals surface area contributed by atoms with E-state index in [4.69, 9.17) is 0 Å². The first-order valence-electron chi connectivity index (χ1n) is 7.73. The Kier molecular flexibility index (Phi) is 5.53. The van der Waals surface area contributed by atoms with Crippen LogP contribution in [-0.4, -0.2) is 12.6 Å². The molecule has 3 heteroatoms. The molecule has 1 N–H and O–H groups in total. The summed E-state index contributed by atoms with van der Waals surface area (Å²) in [6.07, 6.45) is 5.85. The van der Waals surface area contributed by atoms with Crippen LogP contribution >= 0.6 is 0 Å². The lowest BCUT2D eigenvalue weighted by Crippen LogP contribution is -2.33. The van der Waals surface area contributed by atoms with E-state index in [-0.39, 0.29) is 0 Å². The van der Waals surface area contributed by atoms with Gasteiger partial charge in [0.15, 0.2) is 0 Å². The van der Waals surface area contributed by atoms with Gasteiger partial charge in [0.1, 0.15) is 11.6 Å². The Bertz CT molecular complexity index is 405. The molecule has 1 saturated carbocycles. The highest BCUT2D eigenvalue weighted by atomic mass is 19.1. The quantitative estimate of drug-likeness (QED) is 0.819. The van der Waals surface area contributed by atoms with E-state index in [1.54, 1.807) is 0 Å². The summed E-state index contributed by atoms with van der Waals surface area (Å²) in [6, 6.07) is 4.34. The zero-order valence-electron chi connectivity index (χ0n) is 12.5. The van der Waals surface area contributed by atoms with Crippen molar-refractivity contribution in [3.63, 3.8) is 0 Å². The molecule has 1 aliphatic carbocycles. The highest BCUT2D eigenvalue weighted by Gasteiger charge is 2.25. The Morgan fingerprint density at radius 1 is 1.10 bits per heavy atom. The van der Waals surface area contributed by atoms with Gasteiger partial charge in [0, 0.05) is 12.1 Å². The van der Waals surface area contributed by atoms with Crippen molar-refractivity contribution >= 4 is 0 Å². The van der Waals surface area contributed by atoms with Gasteiger partial charge in [0.05, 0.1) is 0 Å². The molecule has 1 fully saturated rings. The first-order chi connectivity index (χ1) is 9.54. The predicted octanol–water partition coefficient (Wildman–Crippen LogP) is 4.31. The van der Waals surface area contributed by atoms with Gasteiger partial charge in [-0.05, 0) is 42.5 Å². The molecule has 0 radical (unpaired) electrons. The van der Waals surface area contributed by atoms with Crippen molar-refractivity contribution in [1.82, 2.24) is 5.32 Å². The SMILES string of the molecule is CC(C)NCC(Cc1cc(F)cc(F)c1)C1CCCC1. The lowest BCUT2D eigenvalue weighted by atomic mass is 9.85. The summed E-state index contributed by atoms with van der Waals surface area (Å²) < 4.78 is 26.6. The van der Waals surface area contributed by atoms with Crippen LogP contribution in [0.3, 0.4) is 0 Å². The van der Waals surface area contributed by atoms with Gasteiger partial charge in [-0.25, -0.2) is 8.78 Å². The second-order valence-electron chi connectivity index (χ2n) is 6.35. The average molecular weight is 281 g/mol. The fourth-order valence-corrected chi connectivity index (χ4v) is 3.25. The van der Waals surface area contributed by atoms with Crippen LogP contribution in [0.1, 0.15) is 45.1 Å². The third-order valence-electron chi connectivity index (χ3n) is 4.28. The van der Waals surface area contributed by atoms with Crippen LogP contribution in [-0.2, 0) is 6.42 Å². The molecule has 0 heterocycles. The van der Waals surface area contributed by atoms with Crippen molar-refractivity contribution in [2.45, 2.75) is 52.0 Å². The predicted molar refractivity (Wildman–Crippen MR) is 78.6 cm³/mol. The largest absolute Gasteiger partial charge is 0.314 e. The van der Waals surface area contributed by atoms with Crippen LogP contribution in [0.5, 0.6) is 0 Å². The normalized spacial score (nSPS) is 17.9. The van der Waals surface area contributed by atoms with Gasteiger partial charge in [-0.1, -0.05) is 39.5 Å². The van der Waals surface area contributed by atoms with E-state index < -0.39 is 11.6 Å². The maximum atomic E-state index is 13.3. The number of hydrogen-bond donors (Lipinski definition) is 1. The van der Waals surface area contributed by atoms with Gasteiger partial charge >= 0.3 is 0 Å². The summed E-state index contributed by atoms with van der Waals surface area (Å²) in [6.45, 7) is 5.20. The van der Waals surface area contributed by atoms with Crippen LogP contribution < -0.4 is 5.32 Å². The highest BCUT2D eigenvalue weighted by molar-refractivity contribution is 5.18. The Balaban J connectivity index is 2.05. The molecule has 0 saturated heterocycles. The van der Waals surface area contributed by atoms with Gasteiger partial charge in [0.25, 0.3) is 0 Å². The zero-order valence-corrected chi connectivity index (χ0v) is 12.5. The molecule has 1 aliphatic rings. The van der Waals surface area contributed by atoms with Gasteiger partial charge in [-0.2, -0.15) is 0 Å². The average Bonchev–Trinajstić information content (AvgIpc) is 2.86. The summed E-state index contributed by atoms with van der Waals surface area (Å²) >= 11 is 0. The molecule has 0 bridgehead atoms. The van der Waals surface area contributed by atoms with E-state index in [0.29, 0.717) is 17.9 Å². The summed E-state index contributed by atoms with van der Waals surface area (Å²) in [7, 11) is 0. The lowest BCUT2D eigenvalue weighted by molar-refractivity contribution is 0.312. The van der Waals surface area contributed by atoms with Crippen molar-refractivity contribution in [1.29, 1.82) is 0 Å². The first kappa shape index (κ1) is 15.4. The summed E-state index contributed by atoms with van der Waals surface area (Å²) in [4.78, 5) is 0. The molecule has 20 heavy (non-hydrogen) atoms. The second kappa shape index (κ2) is 7.16. The fraction of sp³-hybridized carbons (Fsp3) is 0.647. The topological polar surface area (TPSA) is 12.0 Å². The Labute approximate surface area is 120 Å². The monoisotopic (exact) mass is 281 g/mol. The van der Waals surface area contributed by atoms with E-state index in [9.17, 15) is 8.78 Å². The van der Waals surface area contributed by atoms with Crippen molar-refractivity contribution in [2.75, 3.05) is 6.54 Å². The van der Waals surface area contributed by atoms with E-state index >= 15 is 0 Å². The third-order valence-corrected chi connectivity index (χ3v) is 4.28. The molecule has 1 nitrogen and oxygen atoms in total. The molecule has 1 aromatic carbocycles. The molecule has 0 aliphatic heterocycles. The number of halogens is 2. The van der Waals surface area contributed by atoms with Crippen LogP contribution in [0.4, 0.5) is 8.78 Å². The number of nitrogens with one attached hydrogen (secondary N) is 1. The van der Waals surface area contributed by atoms with Gasteiger partial charge in [0.2, 0.25) is 0 Å². The van der Waals surface area contributed by atoms with Crippen LogP contribution in [0, 0.1) is 23.5 Å². The van der Waals surface area contributed by atoms with E-state index in [1.165, 1.54) is 37.8 Å². The fourth-order valence-electron chi connectivity index (χ4n) is 3.25. The number of rotatable bonds is 6. The molecule has 1 atom stereocenters. The van der Waals surface area contributed by atoms with Crippen molar-refractivity contribution in [3.8, 4) is 0 Å². The first-order valence-corrected chi connectivity index (χ1v) is 7.73. The number of hydrogen-bond acceptors (Lipinski definition) is 1. The lowest BCUT2D eigenvalue weighted by Gasteiger charge is -2.25. The van der Waals surface area contributed by atoms with Gasteiger partial charge < -0.3 is 5.32 Å². The molecular formula is C17H25F2N. The minimum Gasteiger partial charge on any atom is -0.314 e. The molecule has 1 unspecified atom stereocenters. The number of benzene rings is 1. The highest BCUT2D eigenvalue weighted by Crippen LogP contribution is 2.33. The Morgan fingerprint density at radius 3 is 2.25 bits per heavy atom. The van der Waals surface area contributed by atoms with Crippen LogP contribution in [0.2, 0.25) is 0 Å². The summed E-state index contributed by atoms with van der Waals surface area (Å²) in [5, 5.41) is 3.48. The molecule has 112 valence electrons. The Hall–Kier alpha value is -0.960. The second-order valence-corrected chi connectivity index (χ2v) is 6.35. The minimum atomic E-state index is -0.470. The third kappa shape index (κ3) is 4.55. The van der Waals surface area contributed by atoms with Crippen molar-refractivity contribution in [2.24, 2.45) is 11.8 Å². The molecule has 0 amide bonds. The van der Waals surface area contributed by atoms with E-state index in [2.05, 4.69) is 19.2 Å². The van der Waals surface area contributed by atoms with Crippen molar-refractivity contribution < 1.29 is 8.78 Å². The minimum absolute atomic E-state index is 0.447. The Morgan fingerprint density at radius 2 is 1.70 bits per heavy atom. The van der Waals surface area contributed by atoms with Crippen molar-refractivity contribution in [3.05, 3.63) is 35.4 Å². The molecular weight excluding hydrogens is 256 g/mol. The molecule has 0 aromatic heterocycles. The summed E-state index contributed by atoms with van der Waals surface area (Å²) in [5.41, 5.74) is 0.782. The van der Waals surface area contributed by atoms with Crippen LogP contribution in [0.25, 0.3) is 0 Å². The standard InChI is InChI=1S/C17H25F2N/c1-12(2)20-11-15(14-5-3-4-6-14)7-13-8-16(18)10-17(19)9-13/h8-10,12,14-15,20H,3-7,11H2,1-2H3. The molecule has 2 rings (SSSR count).